The van der Waals surface area contributed by atoms with E-state index in [0.717, 1.165) is 30.4 Å². The van der Waals surface area contributed by atoms with E-state index < -0.39 is 4.92 Å². The number of hydrazone groups is 1. The molecule has 0 spiro atoms. The molecular formula is C20H19BrN8O3. The number of non-ortho nitro benzene ring substituents is 1. The Kier molecular flexibility index (Phi) is 6.40. The molecule has 0 atom stereocenters. The lowest BCUT2D eigenvalue weighted by Gasteiger charge is -2.16. The monoisotopic (exact) mass is 498 g/mol. The molecular weight excluding hydrogens is 480 g/mol. The third-order valence-electron chi connectivity index (χ3n) is 4.70. The summed E-state index contributed by atoms with van der Waals surface area (Å²) in [4.78, 5) is 25.7. The van der Waals surface area contributed by atoms with E-state index in [4.69, 9.17) is 0 Å². The summed E-state index contributed by atoms with van der Waals surface area (Å²) in [6.45, 7) is 1.69. The number of hydrogen-bond acceptors (Lipinski definition) is 10. The molecule has 1 fully saturated rings. The van der Waals surface area contributed by atoms with Gasteiger partial charge in [-0.3, -0.25) is 10.1 Å². The van der Waals surface area contributed by atoms with Crippen LogP contribution in [0.15, 0.2) is 52.0 Å². The minimum Gasteiger partial charge on any atom is -0.507 e. The van der Waals surface area contributed by atoms with Crippen molar-refractivity contribution in [1.82, 2.24) is 15.0 Å². The van der Waals surface area contributed by atoms with Crippen molar-refractivity contribution in [2.24, 2.45) is 5.10 Å². The van der Waals surface area contributed by atoms with Crippen LogP contribution < -0.4 is 15.6 Å². The number of nitro benzene ring substituents is 1. The molecule has 0 aliphatic carbocycles. The number of aromatic hydroxyl groups is 1. The fraction of sp³-hybridized carbons (Fsp3) is 0.200. The molecule has 11 nitrogen and oxygen atoms in total. The Morgan fingerprint density at radius 1 is 1.09 bits per heavy atom. The zero-order chi connectivity index (χ0) is 22.5. The third kappa shape index (κ3) is 5.27. The number of aromatic nitrogens is 3. The summed E-state index contributed by atoms with van der Waals surface area (Å²) in [5.41, 5.74) is 3.89. The Bertz CT molecular complexity index is 1150. The average Bonchev–Trinajstić information content (AvgIpc) is 3.31. The first-order valence-corrected chi connectivity index (χ1v) is 10.6. The largest absolute Gasteiger partial charge is 0.507 e. The van der Waals surface area contributed by atoms with Gasteiger partial charge in [0.2, 0.25) is 17.8 Å². The molecule has 1 aromatic heterocycles. The molecule has 0 radical (unpaired) electrons. The maximum absolute atomic E-state index is 10.9. The van der Waals surface area contributed by atoms with Crippen molar-refractivity contribution in [2.45, 2.75) is 12.8 Å². The molecule has 32 heavy (non-hydrogen) atoms. The average molecular weight is 499 g/mol. The van der Waals surface area contributed by atoms with E-state index in [1.165, 1.54) is 18.3 Å². The van der Waals surface area contributed by atoms with Gasteiger partial charge in [0.05, 0.1) is 11.1 Å². The van der Waals surface area contributed by atoms with Crippen LogP contribution in [0.4, 0.5) is 29.2 Å². The van der Waals surface area contributed by atoms with Crippen LogP contribution in [-0.2, 0) is 0 Å². The lowest BCUT2D eigenvalue weighted by Crippen LogP contribution is -2.21. The van der Waals surface area contributed by atoms with E-state index in [9.17, 15) is 15.2 Å². The van der Waals surface area contributed by atoms with Crippen LogP contribution in [0, 0.1) is 10.1 Å². The van der Waals surface area contributed by atoms with Gasteiger partial charge in [-0.1, -0.05) is 15.9 Å². The molecule has 2 aromatic carbocycles. The molecule has 164 valence electrons. The van der Waals surface area contributed by atoms with Gasteiger partial charge in [0.1, 0.15) is 5.75 Å². The number of anilines is 4. The molecule has 0 bridgehead atoms. The van der Waals surface area contributed by atoms with Crippen LogP contribution in [0.25, 0.3) is 0 Å². The summed E-state index contributed by atoms with van der Waals surface area (Å²) in [5, 5.41) is 28.0. The Labute approximate surface area is 191 Å². The molecule has 2 heterocycles. The van der Waals surface area contributed by atoms with Crippen LogP contribution in [0.2, 0.25) is 0 Å². The standard InChI is InChI=1S/C20H19BrN8O3/c21-14-3-8-17(30)13(11-14)12-22-27-19-24-18(25-20(26-19)28-9-1-2-10-28)23-15-4-6-16(7-5-15)29(31)32/h3-8,11-12,30H,1-2,9-10H2,(H2,23,24,25,26,27). The Hall–Kier alpha value is -3.80. The summed E-state index contributed by atoms with van der Waals surface area (Å²) in [5.74, 6) is 1.09. The van der Waals surface area contributed by atoms with Gasteiger partial charge in [-0.05, 0) is 43.2 Å². The normalized spacial score (nSPS) is 13.5. The van der Waals surface area contributed by atoms with Crippen molar-refractivity contribution in [3.05, 3.63) is 62.6 Å². The van der Waals surface area contributed by atoms with E-state index >= 15 is 0 Å². The molecule has 3 N–H and O–H groups in total. The molecule has 1 aliphatic rings. The molecule has 4 rings (SSSR count). The number of halogens is 1. The predicted molar refractivity (Wildman–Crippen MR) is 125 cm³/mol. The number of rotatable bonds is 7. The zero-order valence-corrected chi connectivity index (χ0v) is 18.4. The zero-order valence-electron chi connectivity index (χ0n) is 16.8. The SMILES string of the molecule is O=[N+]([O-])c1ccc(Nc2nc(NN=Cc3cc(Br)ccc3O)nc(N3CCCC3)n2)cc1. The molecule has 0 amide bonds. The predicted octanol–water partition coefficient (Wildman–Crippen LogP) is 4.04. The van der Waals surface area contributed by atoms with Gasteiger partial charge in [0, 0.05) is 40.9 Å². The Morgan fingerprint density at radius 2 is 1.81 bits per heavy atom. The number of nitrogens with one attached hydrogen (secondary N) is 2. The lowest BCUT2D eigenvalue weighted by molar-refractivity contribution is -0.384. The maximum atomic E-state index is 10.9. The fourth-order valence-corrected chi connectivity index (χ4v) is 3.49. The highest BCUT2D eigenvalue weighted by molar-refractivity contribution is 9.10. The molecule has 12 heteroatoms. The van der Waals surface area contributed by atoms with Gasteiger partial charge < -0.3 is 15.3 Å². The number of phenols is 1. The quantitative estimate of drug-likeness (QED) is 0.249. The topological polar surface area (TPSA) is 142 Å². The minimum absolute atomic E-state index is 0.00329. The van der Waals surface area contributed by atoms with Gasteiger partial charge in [0.25, 0.3) is 5.69 Å². The lowest BCUT2D eigenvalue weighted by atomic mass is 10.2. The van der Waals surface area contributed by atoms with E-state index in [2.05, 4.69) is 51.6 Å². The van der Waals surface area contributed by atoms with E-state index in [1.54, 1.807) is 30.3 Å². The minimum atomic E-state index is -0.457. The van der Waals surface area contributed by atoms with Gasteiger partial charge in [0.15, 0.2) is 0 Å². The summed E-state index contributed by atoms with van der Waals surface area (Å²) in [7, 11) is 0. The highest BCUT2D eigenvalue weighted by Gasteiger charge is 2.17. The van der Waals surface area contributed by atoms with E-state index in [1.807, 2.05) is 0 Å². The fourth-order valence-electron chi connectivity index (χ4n) is 3.11. The van der Waals surface area contributed by atoms with Crippen molar-refractivity contribution in [2.75, 3.05) is 28.7 Å². The smallest absolute Gasteiger partial charge is 0.269 e. The number of hydrogen-bond donors (Lipinski definition) is 3. The van der Waals surface area contributed by atoms with Crippen LogP contribution in [0.1, 0.15) is 18.4 Å². The van der Waals surface area contributed by atoms with E-state index in [0.29, 0.717) is 17.2 Å². The van der Waals surface area contributed by atoms with Crippen molar-refractivity contribution in [1.29, 1.82) is 0 Å². The summed E-state index contributed by atoms with van der Waals surface area (Å²) in [6, 6.07) is 11.0. The van der Waals surface area contributed by atoms with Crippen LogP contribution in [0.5, 0.6) is 5.75 Å². The first-order chi connectivity index (χ1) is 15.5. The highest BCUT2D eigenvalue weighted by atomic mass is 79.9. The number of nitro groups is 1. The van der Waals surface area contributed by atoms with Gasteiger partial charge in [-0.2, -0.15) is 20.1 Å². The molecule has 0 saturated carbocycles. The van der Waals surface area contributed by atoms with Crippen LogP contribution >= 0.6 is 15.9 Å². The van der Waals surface area contributed by atoms with Crippen molar-refractivity contribution in [3.8, 4) is 5.75 Å². The first-order valence-electron chi connectivity index (χ1n) is 9.78. The second kappa shape index (κ2) is 9.56. The van der Waals surface area contributed by atoms with Crippen molar-refractivity contribution in [3.63, 3.8) is 0 Å². The van der Waals surface area contributed by atoms with E-state index in [-0.39, 0.29) is 23.3 Å². The van der Waals surface area contributed by atoms with Crippen LogP contribution in [-0.4, -0.2) is 44.3 Å². The second-order valence-electron chi connectivity index (χ2n) is 6.98. The highest BCUT2D eigenvalue weighted by Crippen LogP contribution is 2.23. The summed E-state index contributed by atoms with van der Waals surface area (Å²) < 4.78 is 0.808. The Balaban J connectivity index is 1.57. The third-order valence-corrected chi connectivity index (χ3v) is 5.20. The number of phenolic OH excluding ortho intramolecular Hbond substituents is 1. The number of benzene rings is 2. The second-order valence-corrected chi connectivity index (χ2v) is 7.89. The molecule has 0 unspecified atom stereocenters. The first kappa shape index (κ1) is 21.4. The van der Waals surface area contributed by atoms with Gasteiger partial charge >= 0.3 is 0 Å². The molecule has 1 saturated heterocycles. The summed E-state index contributed by atoms with van der Waals surface area (Å²) >= 11 is 3.36. The molecule has 3 aromatic rings. The maximum Gasteiger partial charge on any atom is 0.269 e. The molecule has 1 aliphatic heterocycles. The van der Waals surface area contributed by atoms with Gasteiger partial charge in [-0.15, -0.1) is 0 Å². The van der Waals surface area contributed by atoms with Crippen molar-refractivity contribution < 1.29 is 10.0 Å². The van der Waals surface area contributed by atoms with Crippen LogP contribution in [0.3, 0.4) is 0 Å². The van der Waals surface area contributed by atoms with Gasteiger partial charge in [-0.25, -0.2) is 5.43 Å². The Morgan fingerprint density at radius 3 is 2.53 bits per heavy atom. The summed E-state index contributed by atoms with van der Waals surface area (Å²) in [6.07, 6.45) is 3.57. The van der Waals surface area contributed by atoms with Crippen molar-refractivity contribution >= 4 is 51.4 Å². The number of nitrogens with zero attached hydrogens (tertiary/aromatic N) is 6.